The van der Waals surface area contributed by atoms with Gasteiger partial charge in [0.25, 0.3) is 0 Å². The molecular formula is C14H17F3N2O3S. The van der Waals surface area contributed by atoms with E-state index in [4.69, 9.17) is 5.11 Å². The highest BCUT2D eigenvalue weighted by atomic mass is 32.2. The van der Waals surface area contributed by atoms with Crippen LogP contribution in [0.3, 0.4) is 0 Å². The third-order valence-electron chi connectivity index (χ3n) is 3.58. The highest BCUT2D eigenvalue weighted by Gasteiger charge is 2.50. The Labute approximate surface area is 132 Å². The molecular weight excluding hydrogens is 333 g/mol. The fraction of sp³-hybridized carbons (Fsp3) is 0.571. The second-order valence-corrected chi connectivity index (χ2v) is 7.21. The van der Waals surface area contributed by atoms with E-state index in [1.165, 1.54) is 0 Å². The van der Waals surface area contributed by atoms with Crippen LogP contribution in [0, 0.1) is 11.8 Å². The minimum atomic E-state index is -5.32. The number of rotatable bonds is 2. The maximum absolute atomic E-state index is 12.6. The van der Waals surface area contributed by atoms with Gasteiger partial charge in [0.05, 0.1) is 6.61 Å². The van der Waals surface area contributed by atoms with Crippen LogP contribution in [0.5, 0.6) is 0 Å². The van der Waals surface area contributed by atoms with Gasteiger partial charge in [-0.2, -0.15) is 17.5 Å². The van der Waals surface area contributed by atoms with Crippen LogP contribution in [-0.2, 0) is 10.0 Å². The van der Waals surface area contributed by atoms with Crippen LogP contribution in [0.1, 0.15) is 12.8 Å². The number of sulfonamides is 1. The number of nitrogens with one attached hydrogen (secondary N) is 1. The summed E-state index contributed by atoms with van der Waals surface area (Å²) in [6, 6.07) is -0.0122. The monoisotopic (exact) mass is 350 g/mol. The molecule has 0 aromatic carbocycles. The number of aliphatic hydroxyl groups is 1. The number of aliphatic hydroxyl groups excluding tert-OH is 1. The highest BCUT2D eigenvalue weighted by Crippen LogP contribution is 2.28. The van der Waals surface area contributed by atoms with E-state index in [2.05, 4.69) is 17.2 Å². The van der Waals surface area contributed by atoms with Crippen molar-refractivity contribution in [2.75, 3.05) is 26.2 Å². The molecule has 5 nitrogen and oxygen atoms in total. The second kappa shape index (κ2) is 7.05. The summed E-state index contributed by atoms with van der Waals surface area (Å²) in [4.78, 5) is 0. The van der Waals surface area contributed by atoms with E-state index in [9.17, 15) is 21.6 Å². The van der Waals surface area contributed by atoms with Crippen molar-refractivity contribution in [2.45, 2.75) is 24.4 Å². The van der Waals surface area contributed by atoms with E-state index >= 15 is 0 Å². The van der Waals surface area contributed by atoms with Crippen molar-refractivity contribution < 1.29 is 26.7 Å². The Morgan fingerprint density at radius 1 is 1.30 bits per heavy atom. The van der Waals surface area contributed by atoms with Gasteiger partial charge in [0, 0.05) is 36.8 Å². The second-order valence-electron chi connectivity index (χ2n) is 5.28. The fourth-order valence-electron chi connectivity index (χ4n) is 2.25. The topological polar surface area (TPSA) is 69.6 Å². The molecule has 0 saturated heterocycles. The standard InChI is InChI=1S/C14H17F3N2O3S/c15-14(16,17)23(21,22)19-7-1-2-12(9-19)4-3-11-5-6-13(10-20)18-8-11/h2,5,13,18,20H,1,6-10H2/t13-/m1/s1. The van der Waals surface area contributed by atoms with Gasteiger partial charge in [0.2, 0.25) is 0 Å². The molecule has 0 aromatic rings. The molecule has 0 amide bonds. The zero-order valence-corrected chi connectivity index (χ0v) is 13.0. The number of halogens is 3. The molecule has 2 aliphatic rings. The Morgan fingerprint density at radius 3 is 2.57 bits per heavy atom. The van der Waals surface area contributed by atoms with Gasteiger partial charge in [-0.15, -0.1) is 0 Å². The number of hydrogen-bond donors (Lipinski definition) is 2. The summed E-state index contributed by atoms with van der Waals surface area (Å²) in [7, 11) is -5.32. The molecule has 0 aliphatic carbocycles. The van der Waals surface area contributed by atoms with E-state index in [1.807, 2.05) is 6.08 Å². The number of hydrogen-bond acceptors (Lipinski definition) is 4. The molecule has 1 atom stereocenters. The summed E-state index contributed by atoms with van der Waals surface area (Å²) in [6.45, 7) is -0.0764. The Hall–Kier alpha value is -1.34. The first-order chi connectivity index (χ1) is 10.7. The van der Waals surface area contributed by atoms with Crippen molar-refractivity contribution in [1.82, 2.24) is 9.62 Å². The van der Waals surface area contributed by atoms with E-state index in [-0.39, 0.29) is 32.2 Å². The summed E-state index contributed by atoms with van der Waals surface area (Å²) in [5.74, 6) is 5.59. The molecule has 0 saturated carbocycles. The summed E-state index contributed by atoms with van der Waals surface area (Å²) in [6.07, 6.45) is 4.33. The van der Waals surface area contributed by atoms with Crippen LogP contribution < -0.4 is 5.32 Å². The maximum atomic E-state index is 12.6. The molecule has 0 fully saturated rings. The molecule has 2 N–H and O–H groups in total. The van der Waals surface area contributed by atoms with Crippen molar-refractivity contribution >= 4 is 10.0 Å². The van der Waals surface area contributed by atoms with Crippen molar-refractivity contribution in [3.05, 3.63) is 23.3 Å². The number of alkyl halides is 3. The fourth-order valence-corrected chi connectivity index (χ4v) is 3.20. The van der Waals surface area contributed by atoms with Crippen LogP contribution in [0.4, 0.5) is 13.2 Å². The number of nitrogens with zero attached hydrogens (tertiary/aromatic N) is 1. The van der Waals surface area contributed by atoms with Crippen LogP contribution in [0.15, 0.2) is 23.3 Å². The van der Waals surface area contributed by atoms with Gasteiger partial charge in [0.15, 0.2) is 0 Å². The van der Waals surface area contributed by atoms with Crippen LogP contribution in [0.2, 0.25) is 0 Å². The Kier molecular flexibility index (Phi) is 5.52. The molecule has 0 aromatic heterocycles. The third-order valence-corrected chi connectivity index (χ3v) is 5.16. The maximum Gasteiger partial charge on any atom is 0.511 e. The lowest BCUT2D eigenvalue weighted by Gasteiger charge is -2.25. The lowest BCUT2D eigenvalue weighted by atomic mass is 10.1. The first kappa shape index (κ1) is 18.0. The first-order valence-corrected chi connectivity index (χ1v) is 8.49. The summed E-state index contributed by atoms with van der Waals surface area (Å²) in [5.41, 5.74) is -4.17. The van der Waals surface area contributed by atoms with E-state index < -0.39 is 15.5 Å². The molecule has 0 radical (unpaired) electrons. The van der Waals surface area contributed by atoms with Crippen molar-refractivity contribution in [3.8, 4) is 11.8 Å². The molecule has 0 spiro atoms. The van der Waals surface area contributed by atoms with Gasteiger partial charge in [-0.25, -0.2) is 8.42 Å². The van der Waals surface area contributed by atoms with Gasteiger partial charge in [-0.3, -0.25) is 0 Å². The van der Waals surface area contributed by atoms with Gasteiger partial charge in [-0.1, -0.05) is 24.0 Å². The first-order valence-electron chi connectivity index (χ1n) is 7.05. The molecule has 0 unspecified atom stereocenters. The minimum Gasteiger partial charge on any atom is -0.395 e. The van der Waals surface area contributed by atoms with Crippen LogP contribution in [0.25, 0.3) is 0 Å². The third kappa shape index (κ3) is 4.35. The largest absolute Gasteiger partial charge is 0.511 e. The van der Waals surface area contributed by atoms with Crippen molar-refractivity contribution in [1.29, 1.82) is 0 Å². The van der Waals surface area contributed by atoms with Gasteiger partial charge in [-0.05, 0) is 12.8 Å². The normalized spacial score (nSPS) is 23.6. The molecule has 23 heavy (non-hydrogen) atoms. The van der Waals surface area contributed by atoms with Crippen molar-refractivity contribution in [3.63, 3.8) is 0 Å². The Bertz CT molecular complexity index is 672. The average Bonchev–Trinajstić information content (AvgIpc) is 2.52. The quantitative estimate of drug-likeness (QED) is 0.721. The zero-order chi connectivity index (χ0) is 17.1. The average molecular weight is 350 g/mol. The molecule has 0 bridgehead atoms. The molecule has 2 rings (SSSR count). The Balaban J connectivity index is 2.05. The zero-order valence-electron chi connectivity index (χ0n) is 12.2. The highest BCUT2D eigenvalue weighted by molar-refractivity contribution is 7.90. The predicted octanol–water partition coefficient (Wildman–Crippen LogP) is 0.752. The lowest BCUT2D eigenvalue weighted by molar-refractivity contribution is -0.0487. The van der Waals surface area contributed by atoms with E-state index in [1.54, 1.807) is 6.08 Å². The Morgan fingerprint density at radius 2 is 2.00 bits per heavy atom. The SMILES string of the molecule is O=S(=O)(N1CCC=C(C#CC2=CC[C@H](CO)NC2)C1)C(F)(F)F. The van der Waals surface area contributed by atoms with Crippen molar-refractivity contribution in [2.24, 2.45) is 0 Å². The van der Waals surface area contributed by atoms with Gasteiger partial charge >= 0.3 is 15.5 Å². The van der Waals surface area contributed by atoms with E-state index in [0.717, 1.165) is 5.57 Å². The van der Waals surface area contributed by atoms with Crippen LogP contribution >= 0.6 is 0 Å². The van der Waals surface area contributed by atoms with E-state index in [0.29, 0.717) is 22.8 Å². The molecule has 2 aliphatic heterocycles. The van der Waals surface area contributed by atoms with Crippen LogP contribution in [-0.4, -0.2) is 55.6 Å². The summed E-state index contributed by atoms with van der Waals surface area (Å²) >= 11 is 0. The predicted molar refractivity (Wildman–Crippen MR) is 78.6 cm³/mol. The smallest absolute Gasteiger partial charge is 0.395 e. The molecule has 9 heteroatoms. The van der Waals surface area contributed by atoms with Gasteiger partial charge < -0.3 is 10.4 Å². The van der Waals surface area contributed by atoms with Gasteiger partial charge in [0.1, 0.15) is 0 Å². The summed E-state index contributed by atoms with van der Waals surface area (Å²) < 4.78 is 60.9. The molecule has 128 valence electrons. The molecule has 2 heterocycles. The minimum absolute atomic E-state index is 0.0122. The lowest BCUT2D eigenvalue weighted by Crippen LogP contribution is -2.43. The summed E-state index contributed by atoms with van der Waals surface area (Å²) in [5, 5.41) is 12.1.